The molecule has 1 atom stereocenters. The fourth-order valence-corrected chi connectivity index (χ4v) is 2.60. The van der Waals surface area contributed by atoms with Crippen molar-refractivity contribution >= 4 is 17.7 Å². The zero-order chi connectivity index (χ0) is 16.7. The van der Waals surface area contributed by atoms with E-state index in [2.05, 4.69) is 0 Å². The first-order valence-corrected chi connectivity index (χ1v) is 7.80. The minimum atomic E-state index is -5.55. The predicted octanol–water partition coefficient (Wildman–Crippen LogP) is 4.68. The van der Waals surface area contributed by atoms with Gasteiger partial charge in [-0.05, 0) is 12.3 Å². The molecule has 0 aliphatic heterocycles. The van der Waals surface area contributed by atoms with Crippen LogP contribution >= 0.6 is 11.8 Å². The summed E-state index contributed by atoms with van der Waals surface area (Å²) in [6.45, 7) is 5.54. The average molecular weight is 336 g/mol. The molecule has 0 N–H and O–H groups in total. The van der Waals surface area contributed by atoms with Crippen molar-refractivity contribution in [2.24, 2.45) is 5.92 Å². The third-order valence-electron chi connectivity index (χ3n) is 2.71. The zero-order valence-electron chi connectivity index (χ0n) is 12.3. The van der Waals surface area contributed by atoms with Crippen molar-refractivity contribution in [2.75, 3.05) is 12.4 Å². The Hall–Kier alpha value is -0.530. The van der Waals surface area contributed by atoms with Gasteiger partial charge in [0.25, 0.3) is 0 Å². The second kappa shape index (κ2) is 8.80. The number of halogens is 5. The van der Waals surface area contributed by atoms with Gasteiger partial charge < -0.3 is 4.74 Å². The van der Waals surface area contributed by atoms with E-state index in [1.807, 2.05) is 6.92 Å². The van der Waals surface area contributed by atoms with E-state index in [9.17, 15) is 26.7 Å². The predicted molar refractivity (Wildman–Crippen MR) is 72.6 cm³/mol. The molecular weight excluding hydrogens is 315 g/mol. The van der Waals surface area contributed by atoms with Gasteiger partial charge in [-0.25, -0.2) is 0 Å². The summed E-state index contributed by atoms with van der Waals surface area (Å²) in [5, 5.41) is -0.731. The fraction of sp³-hybridized carbons (Fsp3) is 0.923. The maximum Gasteiger partial charge on any atom is 0.453 e. The summed E-state index contributed by atoms with van der Waals surface area (Å²) in [6, 6.07) is 0. The van der Waals surface area contributed by atoms with Crippen LogP contribution < -0.4 is 0 Å². The molecule has 8 heteroatoms. The number of carbonyl (C=O) groups excluding carboxylic acids is 1. The number of rotatable bonds is 9. The Labute approximate surface area is 125 Å². The fourth-order valence-electron chi connectivity index (χ4n) is 1.39. The topological polar surface area (TPSA) is 26.3 Å². The van der Waals surface area contributed by atoms with Crippen LogP contribution in [-0.4, -0.2) is 35.7 Å². The number of thioether (sulfide) groups is 1. The van der Waals surface area contributed by atoms with Crippen LogP contribution in [0.2, 0.25) is 0 Å². The molecule has 0 saturated heterocycles. The standard InChI is InChI=1S/C13H21F5O2S/c1-4-5-7-20-11(19)10(9(2)3)21-8-6-12(14,15)13(16,17)18/h9-10H,4-8H2,1-3H3. The van der Waals surface area contributed by atoms with Gasteiger partial charge >= 0.3 is 18.1 Å². The summed E-state index contributed by atoms with van der Waals surface area (Å²) in [5.74, 6) is -5.95. The molecule has 1 unspecified atom stereocenters. The summed E-state index contributed by atoms with van der Waals surface area (Å²) in [4.78, 5) is 11.8. The Kier molecular flexibility index (Phi) is 8.58. The second-order valence-electron chi connectivity index (χ2n) is 5.01. The van der Waals surface area contributed by atoms with Crippen LogP contribution in [0.4, 0.5) is 22.0 Å². The van der Waals surface area contributed by atoms with E-state index in [1.54, 1.807) is 13.8 Å². The molecule has 21 heavy (non-hydrogen) atoms. The molecule has 0 heterocycles. The van der Waals surface area contributed by atoms with E-state index in [0.717, 1.165) is 18.2 Å². The summed E-state index contributed by atoms with van der Waals surface area (Å²) < 4.78 is 66.6. The Morgan fingerprint density at radius 1 is 1.19 bits per heavy atom. The Balaban J connectivity index is 4.38. The summed E-state index contributed by atoms with van der Waals surface area (Å²) in [7, 11) is 0. The zero-order valence-corrected chi connectivity index (χ0v) is 13.1. The van der Waals surface area contributed by atoms with Gasteiger partial charge in [-0.1, -0.05) is 27.2 Å². The molecule has 0 aromatic carbocycles. The molecule has 0 aliphatic carbocycles. The highest BCUT2D eigenvalue weighted by Crippen LogP contribution is 2.39. The SMILES string of the molecule is CCCCOC(=O)C(SCCC(F)(F)C(F)(F)F)C(C)C. The van der Waals surface area contributed by atoms with Crippen molar-refractivity contribution in [2.45, 2.75) is 57.4 Å². The van der Waals surface area contributed by atoms with Gasteiger partial charge in [0.1, 0.15) is 5.25 Å². The number of esters is 1. The maximum atomic E-state index is 12.8. The number of hydrogen-bond donors (Lipinski definition) is 0. The van der Waals surface area contributed by atoms with Crippen LogP contribution in [0.25, 0.3) is 0 Å². The lowest BCUT2D eigenvalue weighted by Gasteiger charge is -2.22. The highest BCUT2D eigenvalue weighted by Gasteiger charge is 2.56. The summed E-state index contributed by atoms with van der Waals surface area (Å²) >= 11 is 0.784. The van der Waals surface area contributed by atoms with Crippen LogP contribution in [0.15, 0.2) is 0 Å². The molecule has 0 amide bonds. The Bertz CT molecular complexity index is 318. The van der Waals surface area contributed by atoms with Crippen molar-refractivity contribution in [3.8, 4) is 0 Å². The van der Waals surface area contributed by atoms with Crippen molar-refractivity contribution in [3.05, 3.63) is 0 Å². The van der Waals surface area contributed by atoms with E-state index in [1.165, 1.54) is 0 Å². The third-order valence-corrected chi connectivity index (χ3v) is 4.24. The monoisotopic (exact) mass is 336 g/mol. The molecule has 0 aromatic heterocycles. The highest BCUT2D eigenvalue weighted by molar-refractivity contribution is 8.00. The first kappa shape index (κ1) is 20.5. The van der Waals surface area contributed by atoms with Crippen LogP contribution in [0.3, 0.4) is 0 Å². The van der Waals surface area contributed by atoms with E-state index in [4.69, 9.17) is 4.74 Å². The third kappa shape index (κ3) is 7.33. The average Bonchev–Trinajstić information content (AvgIpc) is 2.32. The normalized spacial score (nSPS) is 14.3. The molecular formula is C13H21F5O2S. The number of unbranched alkanes of at least 4 members (excludes halogenated alkanes) is 1. The highest BCUT2D eigenvalue weighted by atomic mass is 32.2. The van der Waals surface area contributed by atoms with Crippen LogP contribution in [-0.2, 0) is 9.53 Å². The number of hydrogen-bond acceptors (Lipinski definition) is 3. The van der Waals surface area contributed by atoms with Crippen molar-refractivity contribution in [3.63, 3.8) is 0 Å². The van der Waals surface area contributed by atoms with Gasteiger partial charge in [-0.2, -0.15) is 22.0 Å². The molecule has 0 aromatic rings. The van der Waals surface area contributed by atoms with Crippen LogP contribution in [0.1, 0.15) is 40.0 Å². The lowest BCUT2D eigenvalue weighted by Crippen LogP contribution is -2.37. The Morgan fingerprint density at radius 3 is 2.19 bits per heavy atom. The minimum Gasteiger partial charge on any atom is -0.465 e. The molecule has 0 saturated carbocycles. The molecule has 126 valence electrons. The lowest BCUT2D eigenvalue weighted by molar-refractivity contribution is -0.282. The minimum absolute atomic E-state index is 0.205. The van der Waals surface area contributed by atoms with Crippen molar-refractivity contribution in [1.82, 2.24) is 0 Å². The van der Waals surface area contributed by atoms with Crippen molar-refractivity contribution in [1.29, 1.82) is 0 Å². The number of carbonyl (C=O) groups is 1. The van der Waals surface area contributed by atoms with E-state index in [-0.39, 0.29) is 12.5 Å². The molecule has 0 radical (unpaired) electrons. The van der Waals surface area contributed by atoms with Crippen LogP contribution in [0.5, 0.6) is 0 Å². The van der Waals surface area contributed by atoms with E-state index < -0.39 is 35.5 Å². The van der Waals surface area contributed by atoms with E-state index in [0.29, 0.717) is 6.42 Å². The first-order valence-electron chi connectivity index (χ1n) is 6.75. The maximum absolute atomic E-state index is 12.8. The largest absolute Gasteiger partial charge is 0.465 e. The van der Waals surface area contributed by atoms with E-state index >= 15 is 0 Å². The molecule has 0 aliphatic rings. The quantitative estimate of drug-likeness (QED) is 0.347. The lowest BCUT2D eigenvalue weighted by atomic mass is 10.1. The molecule has 2 nitrogen and oxygen atoms in total. The van der Waals surface area contributed by atoms with Gasteiger partial charge in [0.05, 0.1) is 6.61 Å². The smallest absolute Gasteiger partial charge is 0.453 e. The van der Waals surface area contributed by atoms with Crippen LogP contribution in [0, 0.1) is 5.92 Å². The molecule has 0 spiro atoms. The first-order chi connectivity index (χ1) is 9.53. The summed E-state index contributed by atoms with van der Waals surface area (Å²) in [6.07, 6.45) is -5.37. The number of ether oxygens (including phenoxy) is 1. The van der Waals surface area contributed by atoms with Gasteiger partial charge in [0.2, 0.25) is 0 Å². The molecule has 0 bridgehead atoms. The van der Waals surface area contributed by atoms with Gasteiger partial charge in [0, 0.05) is 12.2 Å². The van der Waals surface area contributed by atoms with Gasteiger partial charge in [0.15, 0.2) is 0 Å². The van der Waals surface area contributed by atoms with Gasteiger partial charge in [-0.15, -0.1) is 11.8 Å². The van der Waals surface area contributed by atoms with Gasteiger partial charge in [-0.3, -0.25) is 4.79 Å². The molecule has 0 fully saturated rings. The number of alkyl halides is 5. The second-order valence-corrected chi connectivity index (χ2v) is 6.26. The van der Waals surface area contributed by atoms with Crippen molar-refractivity contribution < 1.29 is 31.5 Å². The summed E-state index contributed by atoms with van der Waals surface area (Å²) in [5.41, 5.74) is 0. The Morgan fingerprint density at radius 2 is 1.76 bits per heavy atom. The molecule has 0 rings (SSSR count).